The molecule has 0 saturated heterocycles. The minimum Gasteiger partial charge on any atom is -0.443 e. The molecule has 16 heteroatoms. The summed E-state index contributed by atoms with van der Waals surface area (Å²) in [7, 11) is 0. The van der Waals surface area contributed by atoms with Gasteiger partial charge in [-0.05, 0) is 83.5 Å². The number of amides is 3. The van der Waals surface area contributed by atoms with Crippen molar-refractivity contribution in [3.8, 4) is 0 Å². The van der Waals surface area contributed by atoms with E-state index in [-0.39, 0.29) is 31.3 Å². The average Bonchev–Trinajstić information content (AvgIpc) is 3.54. The highest BCUT2D eigenvalue weighted by Gasteiger charge is 2.67. The number of ketones is 1. The van der Waals surface area contributed by atoms with Crippen molar-refractivity contribution in [3.63, 3.8) is 0 Å². The van der Waals surface area contributed by atoms with Gasteiger partial charge in [0.15, 0.2) is 5.78 Å². The van der Waals surface area contributed by atoms with E-state index in [2.05, 4.69) is 5.32 Å². The van der Waals surface area contributed by atoms with Crippen molar-refractivity contribution in [1.29, 1.82) is 0 Å². The van der Waals surface area contributed by atoms with Crippen LogP contribution in [0.1, 0.15) is 68.9 Å². The van der Waals surface area contributed by atoms with Crippen LogP contribution in [-0.4, -0.2) is 39.4 Å². The van der Waals surface area contributed by atoms with Crippen LogP contribution in [0.25, 0.3) is 0 Å². The van der Waals surface area contributed by atoms with E-state index in [9.17, 15) is 23.6 Å². The van der Waals surface area contributed by atoms with E-state index in [0.717, 1.165) is 0 Å². The highest BCUT2D eigenvalue weighted by Crippen LogP contribution is 2.65. The molecule has 0 heterocycles. The lowest BCUT2D eigenvalue weighted by Gasteiger charge is -2.29. The third-order valence-electron chi connectivity index (χ3n) is 7.10. The third-order valence-corrected chi connectivity index (χ3v) is 9.57. The number of ether oxygens (including phenoxy) is 2. The van der Waals surface area contributed by atoms with Gasteiger partial charge in [0.2, 0.25) is 5.91 Å². The zero-order valence-electron chi connectivity index (χ0n) is 27.3. The second-order valence-corrected chi connectivity index (χ2v) is 16.4. The molecule has 4 rings (SSSR count). The number of rotatable bonds is 7. The number of nitrogens with one attached hydrogen (secondary N) is 1. The SMILES string of the molecule is CC(C)(C)OC(=O)N(C(=O)OC(C)(C)C)c1cc(F)cc(F)c1CC(=O)c1cc(NC(=O)[C@H]2[C@H](c3cc(Cl)c(Cl)c(Cl)c3)C2(Cl)Cl)ccc1Cl. The van der Waals surface area contributed by atoms with E-state index < -0.39 is 80.6 Å². The minimum atomic E-state index is -1.53. The van der Waals surface area contributed by atoms with Gasteiger partial charge in [-0.25, -0.2) is 18.4 Å². The molecule has 3 aromatic carbocycles. The first kappa shape index (κ1) is 39.9. The zero-order chi connectivity index (χ0) is 37.7. The number of alkyl halides is 2. The predicted molar refractivity (Wildman–Crippen MR) is 192 cm³/mol. The summed E-state index contributed by atoms with van der Waals surface area (Å²) in [5.41, 5.74) is -3.00. The van der Waals surface area contributed by atoms with E-state index >= 15 is 4.39 Å². The second-order valence-electron chi connectivity index (χ2n) is 13.4. The molecule has 3 aromatic rings. The molecule has 50 heavy (non-hydrogen) atoms. The van der Waals surface area contributed by atoms with Crippen molar-refractivity contribution in [2.75, 3.05) is 10.2 Å². The maximum absolute atomic E-state index is 15.5. The molecule has 0 spiro atoms. The normalized spacial score (nSPS) is 16.8. The Balaban J connectivity index is 1.65. The second kappa shape index (κ2) is 14.6. The molecule has 1 saturated carbocycles. The van der Waals surface area contributed by atoms with E-state index in [4.69, 9.17) is 79.1 Å². The summed E-state index contributed by atoms with van der Waals surface area (Å²) in [4.78, 5) is 53.8. The highest BCUT2D eigenvalue weighted by atomic mass is 35.5. The summed E-state index contributed by atoms with van der Waals surface area (Å²) in [6.45, 7) is 9.14. The molecule has 3 amide bonds. The lowest BCUT2D eigenvalue weighted by molar-refractivity contribution is -0.117. The quantitative estimate of drug-likeness (QED) is 0.145. The van der Waals surface area contributed by atoms with Gasteiger partial charge in [-0.3, -0.25) is 9.59 Å². The Morgan fingerprint density at radius 3 is 1.88 bits per heavy atom. The number of halogens is 8. The van der Waals surface area contributed by atoms with Crippen molar-refractivity contribution >= 4 is 105 Å². The van der Waals surface area contributed by atoms with Crippen LogP contribution >= 0.6 is 69.6 Å². The molecule has 8 nitrogen and oxygen atoms in total. The fourth-order valence-corrected chi connectivity index (χ4v) is 6.63. The summed E-state index contributed by atoms with van der Waals surface area (Å²) >= 11 is 37.6. The summed E-state index contributed by atoms with van der Waals surface area (Å²) in [6, 6.07) is 8.16. The Bertz CT molecular complexity index is 1840. The lowest BCUT2D eigenvalue weighted by atomic mass is 9.99. The molecule has 0 aliphatic heterocycles. The monoisotopic (exact) mass is 810 g/mol. The van der Waals surface area contributed by atoms with Crippen molar-refractivity contribution < 1.29 is 37.4 Å². The molecule has 1 N–H and O–H groups in total. The number of anilines is 2. The van der Waals surface area contributed by atoms with Gasteiger partial charge in [0.1, 0.15) is 27.2 Å². The van der Waals surface area contributed by atoms with Gasteiger partial charge in [-0.15, -0.1) is 23.2 Å². The molecule has 1 fully saturated rings. The standard InChI is InChI=1S/C34H30Cl6F2N2O6/c1-32(2,3)49-30(47)44(31(48)50-33(4,5)6)24-12-16(41)11-23(42)19(24)14-25(45)18-13-17(7-8-20(18)35)43-29(46)27-26(34(27,39)40)15-9-21(36)28(38)22(37)10-15/h7-13,26-27H,14H2,1-6H3,(H,43,46)/t26-,27+/m0/s1. The fraction of sp³-hybridized carbons (Fsp3) is 0.353. The number of Topliss-reactive ketones (excluding diaryl/α,β-unsaturated/α-hetero) is 1. The van der Waals surface area contributed by atoms with Crippen LogP contribution in [0.15, 0.2) is 42.5 Å². The number of hydrogen-bond acceptors (Lipinski definition) is 6. The van der Waals surface area contributed by atoms with Gasteiger partial charge >= 0.3 is 12.2 Å². The van der Waals surface area contributed by atoms with E-state index in [1.54, 1.807) is 0 Å². The summed E-state index contributed by atoms with van der Waals surface area (Å²) in [5.74, 6) is -5.48. The topological polar surface area (TPSA) is 102 Å². The first-order valence-electron chi connectivity index (χ1n) is 14.8. The van der Waals surface area contributed by atoms with Crippen LogP contribution in [0.3, 0.4) is 0 Å². The number of imide groups is 1. The first-order chi connectivity index (χ1) is 22.9. The summed E-state index contributed by atoms with van der Waals surface area (Å²) < 4.78 is 39.2. The van der Waals surface area contributed by atoms with Crippen LogP contribution in [0.2, 0.25) is 20.1 Å². The number of hydrogen-bond donors (Lipinski definition) is 1. The smallest absolute Gasteiger partial charge is 0.424 e. The zero-order valence-corrected chi connectivity index (χ0v) is 31.9. The van der Waals surface area contributed by atoms with Crippen LogP contribution in [0.4, 0.5) is 29.7 Å². The Labute approximate surface area is 317 Å². The lowest BCUT2D eigenvalue weighted by Crippen LogP contribution is -2.44. The third kappa shape index (κ3) is 9.13. The van der Waals surface area contributed by atoms with Crippen molar-refractivity contribution in [2.24, 2.45) is 5.92 Å². The molecule has 2 atom stereocenters. The Hall–Kier alpha value is -2.86. The van der Waals surface area contributed by atoms with Crippen LogP contribution in [0, 0.1) is 17.6 Å². The number of carbonyl (C=O) groups is 4. The molecule has 1 aliphatic rings. The van der Waals surface area contributed by atoms with Gasteiger partial charge in [0.25, 0.3) is 0 Å². The molecular formula is C34H30Cl6F2N2O6. The Kier molecular flexibility index (Phi) is 11.7. The minimum absolute atomic E-state index is 0.0769. The van der Waals surface area contributed by atoms with Crippen molar-refractivity contribution in [1.82, 2.24) is 0 Å². The molecule has 0 aromatic heterocycles. The van der Waals surface area contributed by atoms with Gasteiger partial charge in [0.05, 0.1) is 31.7 Å². The van der Waals surface area contributed by atoms with E-state index in [0.29, 0.717) is 22.6 Å². The summed E-state index contributed by atoms with van der Waals surface area (Å²) in [6.07, 6.45) is -3.41. The number of benzene rings is 3. The number of carbonyl (C=O) groups excluding carboxylic acids is 4. The van der Waals surface area contributed by atoms with Crippen molar-refractivity contribution in [3.05, 3.63) is 90.9 Å². The van der Waals surface area contributed by atoms with Crippen LogP contribution < -0.4 is 10.2 Å². The maximum Gasteiger partial charge on any atom is 0.424 e. The number of nitrogens with zero attached hydrogens (tertiary/aromatic N) is 1. The van der Waals surface area contributed by atoms with Gasteiger partial charge in [-0.1, -0.05) is 46.4 Å². The average molecular weight is 813 g/mol. The fourth-order valence-electron chi connectivity index (χ4n) is 4.97. The molecule has 0 radical (unpaired) electrons. The Morgan fingerprint density at radius 2 is 1.36 bits per heavy atom. The largest absolute Gasteiger partial charge is 0.443 e. The van der Waals surface area contributed by atoms with Gasteiger partial charge < -0.3 is 14.8 Å². The molecule has 268 valence electrons. The molecular weight excluding hydrogens is 783 g/mol. The highest BCUT2D eigenvalue weighted by molar-refractivity contribution is 6.54. The maximum atomic E-state index is 15.5. The molecule has 0 unspecified atom stereocenters. The first-order valence-corrected chi connectivity index (χ1v) is 17.1. The molecule has 1 aliphatic carbocycles. The Morgan fingerprint density at radius 1 is 0.820 bits per heavy atom. The van der Waals surface area contributed by atoms with E-state index in [1.165, 1.54) is 71.9 Å². The van der Waals surface area contributed by atoms with Crippen LogP contribution in [-0.2, 0) is 20.7 Å². The summed E-state index contributed by atoms with van der Waals surface area (Å²) in [5, 5.41) is 2.98. The molecule has 0 bridgehead atoms. The van der Waals surface area contributed by atoms with E-state index in [1.807, 2.05) is 0 Å². The predicted octanol–water partition coefficient (Wildman–Crippen LogP) is 11.2. The van der Waals surface area contributed by atoms with Gasteiger partial charge in [0, 0.05) is 35.2 Å². The van der Waals surface area contributed by atoms with Gasteiger partial charge in [-0.2, -0.15) is 4.90 Å². The van der Waals surface area contributed by atoms with Crippen molar-refractivity contribution in [2.45, 2.75) is 69.4 Å². The van der Waals surface area contributed by atoms with Crippen LogP contribution in [0.5, 0.6) is 0 Å².